The maximum Gasteiger partial charge on any atom is 0.262 e. The number of carbonyl (C=O) groups is 1. The maximum atomic E-state index is 12.6. The van der Waals surface area contributed by atoms with Gasteiger partial charge in [-0.1, -0.05) is 22.0 Å². The van der Waals surface area contributed by atoms with Crippen molar-refractivity contribution in [1.82, 2.24) is 4.98 Å². The average Bonchev–Trinajstić information content (AvgIpc) is 2.38. The lowest BCUT2D eigenvalue weighted by molar-refractivity contribution is -0.118. The summed E-state index contributed by atoms with van der Waals surface area (Å²) < 4.78 is 18.6. The zero-order chi connectivity index (χ0) is 13.7. The molecule has 2 aromatic rings. The molecule has 0 aliphatic carbocycles. The van der Waals surface area contributed by atoms with Gasteiger partial charge in [-0.3, -0.25) is 4.79 Å². The minimum Gasteiger partial charge on any atom is -0.482 e. The van der Waals surface area contributed by atoms with Crippen LogP contribution in [0.2, 0.25) is 0 Å². The highest BCUT2D eigenvalue weighted by Gasteiger charge is 2.04. The number of anilines is 1. The molecule has 1 heterocycles. The number of nitrogens with zero attached hydrogens (tertiary/aromatic N) is 1. The quantitative estimate of drug-likeness (QED) is 0.879. The van der Waals surface area contributed by atoms with E-state index >= 15 is 0 Å². The summed E-state index contributed by atoms with van der Waals surface area (Å²) in [6, 6.07) is 9.79. The highest BCUT2D eigenvalue weighted by molar-refractivity contribution is 9.10. The van der Waals surface area contributed by atoms with E-state index in [1.54, 1.807) is 12.1 Å². The van der Waals surface area contributed by atoms with Crippen LogP contribution in [0.1, 0.15) is 0 Å². The van der Waals surface area contributed by atoms with Gasteiger partial charge in [0.15, 0.2) is 6.61 Å². The molecule has 0 fully saturated rings. The Bertz CT molecular complexity index is 575. The molecule has 0 saturated heterocycles. The van der Waals surface area contributed by atoms with Gasteiger partial charge in [0.1, 0.15) is 5.75 Å². The third-order valence-corrected chi connectivity index (χ3v) is 2.67. The van der Waals surface area contributed by atoms with Crippen molar-refractivity contribution in [3.63, 3.8) is 0 Å². The molecule has 0 bridgehead atoms. The van der Waals surface area contributed by atoms with Gasteiger partial charge in [0.25, 0.3) is 5.91 Å². The Balaban J connectivity index is 1.86. The van der Waals surface area contributed by atoms with Crippen LogP contribution in [0.15, 0.2) is 47.1 Å². The Kier molecular flexibility index (Phi) is 4.46. The van der Waals surface area contributed by atoms with E-state index in [2.05, 4.69) is 26.2 Å². The van der Waals surface area contributed by atoms with Crippen LogP contribution in [0.25, 0.3) is 0 Å². The van der Waals surface area contributed by atoms with Gasteiger partial charge < -0.3 is 10.1 Å². The van der Waals surface area contributed by atoms with Crippen LogP contribution in [0.3, 0.4) is 0 Å². The number of hydrogen-bond acceptors (Lipinski definition) is 3. The van der Waals surface area contributed by atoms with E-state index in [0.29, 0.717) is 11.4 Å². The molecular formula is C13H10BrFN2O2. The van der Waals surface area contributed by atoms with Gasteiger partial charge >= 0.3 is 0 Å². The third-order valence-electron chi connectivity index (χ3n) is 2.18. The van der Waals surface area contributed by atoms with Crippen molar-refractivity contribution in [3.05, 3.63) is 53.0 Å². The molecule has 4 nitrogen and oxygen atoms in total. The number of pyridine rings is 1. The molecule has 98 valence electrons. The number of amides is 1. The second-order valence-corrected chi connectivity index (χ2v) is 4.58. The maximum absolute atomic E-state index is 12.6. The Hall–Kier alpha value is -1.95. The summed E-state index contributed by atoms with van der Waals surface area (Å²) in [5.41, 5.74) is 0.667. The van der Waals surface area contributed by atoms with E-state index in [1.807, 2.05) is 12.1 Å². The molecule has 2 rings (SSSR count). The predicted molar refractivity (Wildman–Crippen MR) is 72.5 cm³/mol. The average molecular weight is 325 g/mol. The molecular weight excluding hydrogens is 315 g/mol. The van der Waals surface area contributed by atoms with Crippen molar-refractivity contribution in [2.75, 3.05) is 11.9 Å². The van der Waals surface area contributed by atoms with Gasteiger partial charge in [-0.05, 0) is 30.3 Å². The molecule has 1 N–H and O–H groups in total. The van der Waals surface area contributed by atoms with Gasteiger partial charge in [0.2, 0.25) is 5.95 Å². The lowest BCUT2D eigenvalue weighted by Crippen LogP contribution is -2.20. The molecule has 0 aliphatic heterocycles. The Morgan fingerprint density at radius 3 is 2.89 bits per heavy atom. The zero-order valence-corrected chi connectivity index (χ0v) is 11.4. The molecule has 0 saturated carbocycles. The predicted octanol–water partition coefficient (Wildman–Crippen LogP) is 3.00. The van der Waals surface area contributed by atoms with E-state index in [-0.39, 0.29) is 12.5 Å². The SMILES string of the molecule is O=C(COc1ccc(F)nc1)Nc1cccc(Br)c1. The third kappa shape index (κ3) is 4.33. The van der Waals surface area contributed by atoms with E-state index in [4.69, 9.17) is 4.74 Å². The summed E-state index contributed by atoms with van der Waals surface area (Å²) >= 11 is 3.31. The first kappa shape index (κ1) is 13.5. The summed E-state index contributed by atoms with van der Waals surface area (Å²) in [6.45, 7) is -0.167. The summed E-state index contributed by atoms with van der Waals surface area (Å²) in [7, 11) is 0. The second kappa shape index (κ2) is 6.29. The summed E-state index contributed by atoms with van der Waals surface area (Å²) in [6.07, 6.45) is 1.22. The van der Waals surface area contributed by atoms with Crippen LogP contribution in [0.5, 0.6) is 5.75 Å². The smallest absolute Gasteiger partial charge is 0.262 e. The fourth-order valence-corrected chi connectivity index (χ4v) is 1.76. The molecule has 1 amide bonds. The summed E-state index contributed by atoms with van der Waals surface area (Å²) in [5, 5.41) is 2.68. The van der Waals surface area contributed by atoms with E-state index in [0.717, 1.165) is 4.47 Å². The Morgan fingerprint density at radius 2 is 2.21 bits per heavy atom. The molecule has 0 atom stereocenters. The van der Waals surface area contributed by atoms with Gasteiger partial charge in [-0.25, -0.2) is 4.98 Å². The van der Waals surface area contributed by atoms with Crippen LogP contribution in [0.4, 0.5) is 10.1 Å². The number of aromatic nitrogens is 1. The van der Waals surface area contributed by atoms with Gasteiger partial charge in [-0.15, -0.1) is 0 Å². The first-order valence-corrected chi connectivity index (χ1v) is 6.22. The standard InChI is InChI=1S/C13H10BrFN2O2/c14-9-2-1-3-10(6-9)17-13(18)8-19-11-4-5-12(15)16-7-11/h1-7H,8H2,(H,17,18). The Labute approximate surface area is 117 Å². The molecule has 0 radical (unpaired) electrons. The van der Waals surface area contributed by atoms with E-state index in [1.165, 1.54) is 18.3 Å². The molecule has 0 aliphatic rings. The number of halogens is 2. The first-order valence-electron chi connectivity index (χ1n) is 5.43. The molecule has 6 heteroatoms. The van der Waals surface area contributed by atoms with E-state index in [9.17, 15) is 9.18 Å². The minimum atomic E-state index is -0.592. The number of hydrogen-bond donors (Lipinski definition) is 1. The van der Waals surface area contributed by atoms with Crippen LogP contribution < -0.4 is 10.1 Å². The van der Waals surface area contributed by atoms with Crippen LogP contribution in [-0.4, -0.2) is 17.5 Å². The van der Waals surface area contributed by atoms with Crippen LogP contribution >= 0.6 is 15.9 Å². The minimum absolute atomic E-state index is 0.167. The van der Waals surface area contributed by atoms with Crippen molar-refractivity contribution < 1.29 is 13.9 Å². The molecule has 1 aromatic heterocycles. The lowest BCUT2D eigenvalue weighted by atomic mass is 10.3. The first-order chi connectivity index (χ1) is 9.13. The van der Waals surface area contributed by atoms with Gasteiger partial charge in [0.05, 0.1) is 6.20 Å². The molecule has 0 spiro atoms. The topological polar surface area (TPSA) is 51.2 Å². The Morgan fingerprint density at radius 1 is 1.37 bits per heavy atom. The number of carbonyl (C=O) groups excluding carboxylic acids is 1. The lowest BCUT2D eigenvalue weighted by Gasteiger charge is -2.07. The second-order valence-electron chi connectivity index (χ2n) is 3.66. The van der Waals surface area contributed by atoms with Crippen LogP contribution in [0, 0.1) is 5.95 Å². The monoisotopic (exact) mass is 324 g/mol. The van der Waals surface area contributed by atoms with Crippen molar-refractivity contribution >= 4 is 27.5 Å². The summed E-state index contributed by atoms with van der Waals surface area (Å²) in [4.78, 5) is 15.0. The number of benzene rings is 1. The highest BCUT2D eigenvalue weighted by atomic mass is 79.9. The van der Waals surface area contributed by atoms with Crippen molar-refractivity contribution in [2.24, 2.45) is 0 Å². The largest absolute Gasteiger partial charge is 0.482 e. The number of ether oxygens (including phenoxy) is 1. The molecule has 19 heavy (non-hydrogen) atoms. The van der Waals surface area contributed by atoms with Crippen molar-refractivity contribution in [2.45, 2.75) is 0 Å². The fraction of sp³-hybridized carbons (Fsp3) is 0.0769. The molecule has 0 unspecified atom stereocenters. The normalized spacial score (nSPS) is 10.0. The van der Waals surface area contributed by atoms with Crippen molar-refractivity contribution in [3.8, 4) is 5.75 Å². The molecule has 1 aromatic carbocycles. The van der Waals surface area contributed by atoms with Gasteiger partial charge in [0, 0.05) is 10.2 Å². The van der Waals surface area contributed by atoms with E-state index < -0.39 is 5.95 Å². The fourth-order valence-electron chi connectivity index (χ4n) is 1.36. The summed E-state index contributed by atoms with van der Waals surface area (Å²) in [5.74, 6) is -0.556. The number of nitrogens with one attached hydrogen (secondary N) is 1. The highest BCUT2D eigenvalue weighted by Crippen LogP contribution is 2.15. The van der Waals surface area contributed by atoms with Gasteiger partial charge in [-0.2, -0.15) is 4.39 Å². The van der Waals surface area contributed by atoms with Crippen LogP contribution in [-0.2, 0) is 4.79 Å². The number of rotatable bonds is 4. The van der Waals surface area contributed by atoms with Crippen molar-refractivity contribution in [1.29, 1.82) is 0 Å². The zero-order valence-electron chi connectivity index (χ0n) is 9.77.